The van der Waals surface area contributed by atoms with Crippen LogP contribution in [0.1, 0.15) is 0 Å². The van der Waals surface area contributed by atoms with Gasteiger partial charge in [0.25, 0.3) is 0 Å². The van der Waals surface area contributed by atoms with Crippen molar-refractivity contribution in [3.8, 4) is 0 Å². The Bertz CT molecular complexity index is 463. The second-order valence-electron chi connectivity index (χ2n) is 4.35. The molecule has 3 unspecified atom stereocenters. The van der Waals surface area contributed by atoms with Crippen molar-refractivity contribution in [2.24, 2.45) is 10.7 Å². The molecule has 0 aromatic heterocycles. The molecule has 2 heterocycles. The minimum Gasteiger partial charge on any atom is -0.366 e. The van der Waals surface area contributed by atoms with Crippen molar-refractivity contribution in [3.63, 3.8) is 0 Å². The molecule has 0 spiro atoms. The predicted octanol–water partition coefficient (Wildman–Crippen LogP) is -0.465. The number of amides is 1. The Balaban J connectivity index is 1.91. The molecule has 3 N–H and O–H groups in total. The van der Waals surface area contributed by atoms with Gasteiger partial charge >= 0.3 is 0 Å². The van der Waals surface area contributed by atoms with Crippen LogP contribution in [0.25, 0.3) is 0 Å². The Labute approximate surface area is 99.4 Å². The van der Waals surface area contributed by atoms with Crippen molar-refractivity contribution in [3.05, 3.63) is 36.1 Å². The maximum absolute atomic E-state index is 11.2. The van der Waals surface area contributed by atoms with Crippen molar-refractivity contribution in [2.75, 3.05) is 6.54 Å². The van der Waals surface area contributed by atoms with Crippen LogP contribution < -0.4 is 11.1 Å². The van der Waals surface area contributed by atoms with Crippen LogP contribution >= 0.6 is 0 Å². The Morgan fingerprint density at radius 1 is 1.59 bits per heavy atom. The summed E-state index contributed by atoms with van der Waals surface area (Å²) in [5.74, 6) is -0.377. The first kappa shape index (κ1) is 10.3. The summed E-state index contributed by atoms with van der Waals surface area (Å²) in [5.41, 5.74) is 5.88. The first-order chi connectivity index (χ1) is 8.25. The van der Waals surface area contributed by atoms with Crippen LogP contribution in [0.4, 0.5) is 0 Å². The van der Waals surface area contributed by atoms with Crippen molar-refractivity contribution in [1.29, 1.82) is 0 Å². The number of hydrogen-bond donors (Lipinski definition) is 2. The Morgan fingerprint density at radius 2 is 2.47 bits per heavy atom. The molecule has 1 amide bonds. The number of hydrogen-bond acceptors (Lipinski definition) is 4. The Hall–Kier alpha value is -1.88. The quantitative estimate of drug-likeness (QED) is 0.640. The molecule has 0 saturated carbocycles. The normalized spacial score (nSPS) is 34.0. The van der Waals surface area contributed by atoms with E-state index < -0.39 is 0 Å². The summed E-state index contributed by atoms with van der Waals surface area (Å²) in [6.07, 6.45) is 11.6. The largest absolute Gasteiger partial charge is 0.366 e. The fraction of sp³-hybridized carbons (Fsp3) is 0.333. The summed E-state index contributed by atoms with van der Waals surface area (Å²) >= 11 is 0. The van der Waals surface area contributed by atoms with Crippen molar-refractivity contribution < 1.29 is 4.79 Å². The van der Waals surface area contributed by atoms with Gasteiger partial charge in [0.15, 0.2) is 0 Å². The van der Waals surface area contributed by atoms with Crippen LogP contribution in [0.2, 0.25) is 0 Å². The van der Waals surface area contributed by atoms with Crippen LogP contribution in [-0.4, -0.2) is 41.8 Å². The summed E-state index contributed by atoms with van der Waals surface area (Å²) in [7, 11) is 0. The standard InChI is InChI=1S/C12H14N4O/c13-12(17)8-2-3-9-10(6-8)16-5-1-4-14-7-11(16)15-9/h1-6,9-11,15H,7H2,(H2,13,17). The monoisotopic (exact) mass is 230 g/mol. The van der Waals surface area contributed by atoms with Gasteiger partial charge in [-0.25, -0.2) is 0 Å². The molecule has 3 rings (SSSR count). The summed E-state index contributed by atoms with van der Waals surface area (Å²) < 4.78 is 0. The molecular weight excluding hydrogens is 216 g/mol. The van der Waals surface area contributed by atoms with E-state index in [4.69, 9.17) is 5.73 Å². The molecule has 1 saturated heterocycles. The van der Waals surface area contributed by atoms with Gasteiger partial charge in [-0.1, -0.05) is 12.2 Å². The highest BCUT2D eigenvalue weighted by molar-refractivity contribution is 5.95. The van der Waals surface area contributed by atoms with E-state index in [-0.39, 0.29) is 24.2 Å². The molecule has 17 heavy (non-hydrogen) atoms. The number of nitrogens with one attached hydrogen (secondary N) is 1. The number of fused-ring (bicyclic) bond motifs is 3. The lowest BCUT2D eigenvalue weighted by Gasteiger charge is -2.26. The molecular formula is C12H14N4O. The molecule has 3 aliphatic rings. The minimum absolute atomic E-state index is 0.144. The van der Waals surface area contributed by atoms with E-state index in [0.717, 1.165) is 0 Å². The predicted molar refractivity (Wildman–Crippen MR) is 65.3 cm³/mol. The second-order valence-corrected chi connectivity index (χ2v) is 4.35. The van der Waals surface area contributed by atoms with Gasteiger partial charge in [-0.05, 0) is 12.2 Å². The number of allylic oxidation sites excluding steroid dienone is 1. The zero-order valence-corrected chi connectivity index (χ0v) is 9.28. The SMILES string of the molecule is NC(=O)C1=CC2C(C=C1)NC1CN=CC=CN12. The summed E-state index contributed by atoms with van der Waals surface area (Å²) in [5, 5.41) is 3.47. The molecule has 88 valence electrons. The number of carbonyl (C=O) groups excluding carboxylic acids is 1. The zero-order chi connectivity index (χ0) is 11.8. The number of nitrogens with zero attached hydrogens (tertiary/aromatic N) is 2. The molecule has 0 bridgehead atoms. The molecule has 0 aromatic carbocycles. The average Bonchev–Trinajstić information content (AvgIpc) is 2.51. The van der Waals surface area contributed by atoms with Gasteiger partial charge in [-0.15, -0.1) is 0 Å². The average molecular weight is 230 g/mol. The molecule has 0 radical (unpaired) electrons. The van der Waals surface area contributed by atoms with E-state index >= 15 is 0 Å². The molecule has 1 aliphatic carbocycles. The van der Waals surface area contributed by atoms with E-state index in [1.165, 1.54) is 0 Å². The third-order valence-electron chi connectivity index (χ3n) is 3.30. The van der Waals surface area contributed by atoms with Crippen LogP contribution in [0.15, 0.2) is 41.1 Å². The third-order valence-corrected chi connectivity index (χ3v) is 3.30. The fourth-order valence-corrected chi connectivity index (χ4v) is 2.48. The lowest BCUT2D eigenvalue weighted by Crippen LogP contribution is -2.36. The van der Waals surface area contributed by atoms with E-state index in [9.17, 15) is 4.79 Å². The zero-order valence-electron chi connectivity index (χ0n) is 9.28. The minimum atomic E-state index is -0.377. The Kier molecular flexibility index (Phi) is 2.33. The van der Waals surface area contributed by atoms with Crippen molar-refractivity contribution in [1.82, 2.24) is 10.2 Å². The number of primary amides is 1. The van der Waals surface area contributed by atoms with Gasteiger partial charge in [0.2, 0.25) is 5.91 Å². The highest BCUT2D eigenvalue weighted by Gasteiger charge is 2.38. The fourth-order valence-electron chi connectivity index (χ4n) is 2.48. The van der Waals surface area contributed by atoms with E-state index in [1.54, 1.807) is 12.3 Å². The summed E-state index contributed by atoms with van der Waals surface area (Å²) in [4.78, 5) is 17.6. The van der Waals surface area contributed by atoms with Crippen LogP contribution in [-0.2, 0) is 4.79 Å². The number of nitrogens with two attached hydrogens (primary N) is 1. The van der Waals surface area contributed by atoms with Gasteiger partial charge < -0.3 is 10.6 Å². The highest BCUT2D eigenvalue weighted by Crippen LogP contribution is 2.25. The van der Waals surface area contributed by atoms with Gasteiger partial charge in [0, 0.05) is 18.0 Å². The van der Waals surface area contributed by atoms with Crippen LogP contribution in [0, 0.1) is 0 Å². The van der Waals surface area contributed by atoms with Gasteiger partial charge in [0.1, 0.15) is 6.17 Å². The first-order valence-electron chi connectivity index (χ1n) is 5.65. The number of rotatable bonds is 1. The second kappa shape index (κ2) is 3.85. The maximum Gasteiger partial charge on any atom is 0.248 e. The van der Waals surface area contributed by atoms with E-state index in [1.807, 2.05) is 24.4 Å². The molecule has 0 aromatic rings. The van der Waals surface area contributed by atoms with Gasteiger partial charge in [0.05, 0.1) is 18.6 Å². The molecule has 2 aliphatic heterocycles. The van der Waals surface area contributed by atoms with Crippen LogP contribution in [0.3, 0.4) is 0 Å². The maximum atomic E-state index is 11.2. The third kappa shape index (κ3) is 1.68. The van der Waals surface area contributed by atoms with Crippen molar-refractivity contribution in [2.45, 2.75) is 18.2 Å². The highest BCUT2D eigenvalue weighted by atomic mass is 16.1. The van der Waals surface area contributed by atoms with Gasteiger partial charge in [-0.3, -0.25) is 15.1 Å². The molecule has 1 fully saturated rings. The lowest BCUT2D eigenvalue weighted by molar-refractivity contribution is -0.114. The summed E-state index contributed by atoms with van der Waals surface area (Å²) in [6, 6.07) is 0.367. The van der Waals surface area contributed by atoms with Crippen molar-refractivity contribution >= 4 is 12.1 Å². The van der Waals surface area contributed by atoms with E-state index in [2.05, 4.69) is 15.2 Å². The molecule has 5 heteroatoms. The molecule has 3 atom stereocenters. The van der Waals surface area contributed by atoms with E-state index in [0.29, 0.717) is 12.1 Å². The first-order valence-corrected chi connectivity index (χ1v) is 5.65. The van der Waals surface area contributed by atoms with Gasteiger partial charge in [-0.2, -0.15) is 0 Å². The van der Waals surface area contributed by atoms with Crippen LogP contribution in [0.5, 0.6) is 0 Å². The smallest absolute Gasteiger partial charge is 0.248 e. The Morgan fingerprint density at radius 3 is 3.29 bits per heavy atom. The summed E-state index contributed by atoms with van der Waals surface area (Å²) in [6.45, 7) is 0.716. The molecule has 5 nitrogen and oxygen atoms in total. The lowest BCUT2D eigenvalue weighted by atomic mass is 9.98. The number of carbonyl (C=O) groups is 1. The number of aliphatic imine (C=N–C) groups is 1. The topological polar surface area (TPSA) is 70.7 Å².